The van der Waals surface area contributed by atoms with Gasteiger partial charge in [-0.15, -0.1) is 0 Å². The van der Waals surface area contributed by atoms with Crippen LogP contribution in [0.3, 0.4) is 0 Å². The minimum absolute atomic E-state index is 0.518. The summed E-state index contributed by atoms with van der Waals surface area (Å²) in [4.78, 5) is 22.5. The minimum atomic E-state index is -0.727. The number of hydrogen-bond acceptors (Lipinski definition) is 3. The van der Waals surface area contributed by atoms with Gasteiger partial charge < -0.3 is 11.1 Å². The summed E-state index contributed by atoms with van der Waals surface area (Å²) in [5.41, 5.74) is 6.62. The second kappa shape index (κ2) is 7.61. The van der Waals surface area contributed by atoms with E-state index < -0.39 is 17.7 Å². The van der Waals surface area contributed by atoms with E-state index in [9.17, 15) is 9.59 Å². The predicted molar refractivity (Wildman–Crippen MR) is 71.0 cm³/mol. The molecule has 0 fully saturated rings. The van der Waals surface area contributed by atoms with Gasteiger partial charge in [0.25, 0.3) is 5.91 Å². The molecule has 98 valence electrons. The van der Waals surface area contributed by atoms with Crippen molar-refractivity contribution in [2.75, 3.05) is 6.54 Å². The Bertz CT molecular complexity index is 388. The number of Topliss-reactive ketones (excluding diaryl/α,β-unsaturated/α-hetero) is 1. The fourth-order valence-electron chi connectivity index (χ4n) is 1.59. The van der Waals surface area contributed by atoms with Gasteiger partial charge in [0, 0.05) is 6.54 Å². The van der Waals surface area contributed by atoms with Crippen LogP contribution in [0.25, 0.3) is 0 Å². The lowest BCUT2D eigenvalue weighted by Crippen LogP contribution is -2.41. The lowest BCUT2D eigenvalue weighted by molar-refractivity contribution is -0.138. The zero-order valence-corrected chi connectivity index (χ0v) is 10.7. The van der Waals surface area contributed by atoms with Crippen molar-refractivity contribution in [1.82, 2.24) is 5.32 Å². The number of ketones is 1. The van der Waals surface area contributed by atoms with Crippen LogP contribution >= 0.6 is 0 Å². The molecule has 0 aromatic heterocycles. The van der Waals surface area contributed by atoms with E-state index in [1.165, 1.54) is 12.5 Å². The third kappa shape index (κ3) is 5.10. The van der Waals surface area contributed by atoms with Gasteiger partial charge in [-0.3, -0.25) is 9.59 Å². The van der Waals surface area contributed by atoms with E-state index >= 15 is 0 Å². The Kier molecular flexibility index (Phi) is 6.08. The number of benzene rings is 1. The van der Waals surface area contributed by atoms with Crippen molar-refractivity contribution in [3.05, 3.63) is 35.9 Å². The van der Waals surface area contributed by atoms with Crippen LogP contribution in [0.4, 0.5) is 0 Å². The number of hydrogen-bond donors (Lipinski definition) is 2. The molecule has 1 amide bonds. The lowest BCUT2D eigenvalue weighted by atomic mass is 10.1. The van der Waals surface area contributed by atoms with E-state index in [1.807, 2.05) is 18.2 Å². The number of amides is 1. The number of rotatable bonds is 7. The van der Waals surface area contributed by atoms with Crippen LogP contribution in [-0.2, 0) is 16.0 Å². The van der Waals surface area contributed by atoms with Crippen LogP contribution in [0.2, 0.25) is 0 Å². The summed E-state index contributed by atoms with van der Waals surface area (Å²) in [5, 5.41) is 2.58. The van der Waals surface area contributed by atoms with E-state index in [0.29, 0.717) is 6.54 Å². The normalized spacial score (nSPS) is 11.9. The fourth-order valence-corrected chi connectivity index (χ4v) is 1.59. The summed E-state index contributed by atoms with van der Waals surface area (Å²) >= 11 is 0. The summed E-state index contributed by atoms with van der Waals surface area (Å²) in [7, 11) is 0. The van der Waals surface area contributed by atoms with Crippen LogP contribution in [0, 0.1) is 0 Å². The Morgan fingerprint density at radius 1 is 1.22 bits per heavy atom. The van der Waals surface area contributed by atoms with Gasteiger partial charge in [-0.2, -0.15) is 0 Å². The van der Waals surface area contributed by atoms with E-state index in [1.54, 1.807) is 0 Å². The zero-order chi connectivity index (χ0) is 13.4. The maximum absolute atomic E-state index is 11.3. The molecule has 18 heavy (non-hydrogen) atoms. The third-order valence-electron chi connectivity index (χ3n) is 2.66. The molecule has 0 aliphatic carbocycles. The maximum Gasteiger partial charge on any atom is 0.289 e. The van der Waals surface area contributed by atoms with Gasteiger partial charge >= 0.3 is 0 Å². The number of unbranched alkanes of at least 4 members (excludes halogenated alkanes) is 1. The highest BCUT2D eigenvalue weighted by Crippen LogP contribution is 2.03. The molecular weight excluding hydrogens is 228 g/mol. The molecule has 1 rings (SSSR count). The summed E-state index contributed by atoms with van der Waals surface area (Å²) in [6.07, 6.45) is 2.82. The first-order valence-corrected chi connectivity index (χ1v) is 6.23. The van der Waals surface area contributed by atoms with Crippen LogP contribution in [0.5, 0.6) is 0 Å². The van der Waals surface area contributed by atoms with E-state index in [4.69, 9.17) is 5.73 Å². The van der Waals surface area contributed by atoms with Gasteiger partial charge in [0.1, 0.15) is 0 Å². The molecule has 0 heterocycles. The van der Waals surface area contributed by atoms with Crippen LogP contribution in [-0.4, -0.2) is 24.3 Å². The monoisotopic (exact) mass is 248 g/mol. The summed E-state index contributed by atoms with van der Waals surface area (Å²) in [6.45, 7) is 2.03. The van der Waals surface area contributed by atoms with Gasteiger partial charge in [0.2, 0.25) is 5.78 Å². The predicted octanol–water partition coefficient (Wildman–Crippen LogP) is 1.04. The molecule has 0 aliphatic rings. The number of carbonyl (C=O) groups is 2. The summed E-state index contributed by atoms with van der Waals surface area (Å²) in [5.74, 6) is -1.14. The fraction of sp³-hybridized carbons (Fsp3) is 0.429. The molecular formula is C14H20N2O2. The lowest BCUT2D eigenvalue weighted by Gasteiger charge is -2.06. The Hall–Kier alpha value is -1.68. The molecule has 0 saturated carbocycles. The molecule has 0 saturated heterocycles. The molecule has 0 unspecified atom stereocenters. The van der Waals surface area contributed by atoms with Gasteiger partial charge in [-0.05, 0) is 31.7 Å². The number of aryl methyl sites for hydroxylation is 1. The third-order valence-corrected chi connectivity index (χ3v) is 2.66. The standard InChI is InChI=1S/C14H20N2O2/c1-11(15)13(17)14(18)16-10-6-5-9-12-7-3-2-4-8-12/h2-4,7-8,11H,5-6,9-10,15H2,1H3,(H,16,18)/t11-/m0/s1. The number of nitrogens with one attached hydrogen (secondary N) is 1. The molecule has 3 N–H and O–H groups in total. The van der Waals surface area contributed by atoms with Gasteiger partial charge in [0.15, 0.2) is 0 Å². The quantitative estimate of drug-likeness (QED) is 0.559. The molecule has 4 nitrogen and oxygen atoms in total. The highest BCUT2D eigenvalue weighted by Gasteiger charge is 2.16. The van der Waals surface area contributed by atoms with Crippen molar-refractivity contribution in [3.8, 4) is 0 Å². The molecule has 1 atom stereocenters. The van der Waals surface area contributed by atoms with Crippen LogP contribution in [0.1, 0.15) is 25.3 Å². The first kappa shape index (κ1) is 14.4. The first-order chi connectivity index (χ1) is 8.61. The largest absolute Gasteiger partial charge is 0.349 e. The van der Waals surface area contributed by atoms with Crippen molar-refractivity contribution in [2.24, 2.45) is 5.73 Å². The van der Waals surface area contributed by atoms with E-state index in [0.717, 1.165) is 19.3 Å². The molecule has 0 aliphatic heterocycles. The van der Waals surface area contributed by atoms with Gasteiger partial charge in [0.05, 0.1) is 6.04 Å². The highest BCUT2D eigenvalue weighted by molar-refractivity contribution is 6.37. The topological polar surface area (TPSA) is 72.2 Å². The SMILES string of the molecule is C[C@H](N)C(=O)C(=O)NCCCCc1ccccc1. The van der Waals surface area contributed by atoms with E-state index in [2.05, 4.69) is 17.4 Å². The molecule has 0 spiro atoms. The summed E-state index contributed by atoms with van der Waals surface area (Å²) in [6, 6.07) is 9.45. The van der Waals surface area contributed by atoms with Crippen molar-refractivity contribution in [2.45, 2.75) is 32.2 Å². The second-order valence-electron chi connectivity index (χ2n) is 4.35. The van der Waals surface area contributed by atoms with Crippen molar-refractivity contribution in [1.29, 1.82) is 0 Å². The van der Waals surface area contributed by atoms with Crippen molar-refractivity contribution in [3.63, 3.8) is 0 Å². The summed E-state index contributed by atoms with van der Waals surface area (Å²) < 4.78 is 0. The van der Waals surface area contributed by atoms with E-state index in [-0.39, 0.29) is 0 Å². The second-order valence-corrected chi connectivity index (χ2v) is 4.35. The van der Waals surface area contributed by atoms with Crippen LogP contribution in [0.15, 0.2) is 30.3 Å². The Labute approximate surface area is 108 Å². The number of nitrogens with two attached hydrogens (primary N) is 1. The van der Waals surface area contributed by atoms with Gasteiger partial charge in [-0.1, -0.05) is 30.3 Å². The van der Waals surface area contributed by atoms with Crippen molar-refractivity contribution >= 4 is 11.7 Å². The molecule has 1 aromatic rings. The smallest absolute Gasteiger partial charge is 0.289 e. The Balaban J connectivity index is 2.12. The molecule has 0 radical (unpaired) electrons. The van der Waals surface area contributed by atoms with Crippen molar-refractivity contribution < 1.29 is 9.59 Å². The Morgan fingerprint density at radius 3 is 2.50 bits per heavy atom. The Morgan fingerprint density at radius 2 is 1.89 bits per heavy atom. The molecule has 0 bridgehead atoms. The maximum atomic E-state index is 11.3. The molecule has 1 aromatic carbocycles. The van der Waals surface area contributed by atoms with Crippen LogP contribution < -0.4 is 11.1 Å². The zero-order valence-electron chi connectivity index (χ0n) is 10.7. The van der Waals surface area contributed by atoms with Gasteiger partial charge in [-0.25, -0.2) is 0 Å². The average molecular weight is 248 g/mol. The molecule has 4 heteroatoms. The highest BCUT2D eigenvalue weighted by atomic mass is 16.2. The minimum Gasteiger partial charge on any atom is -0.349 e. The first-order valence-electron chi connectivity index (χ1n) is 6.23. The average Bonchev–Trinajstić information content (AvgIpc) is 2.38. The number of carbonyl (C=O) groups excluding carboxylic acids is 2.